The molecule has 23 heavy (non-hydrogen) atoms. The maximum absolute atomic E-state index is 11.8. The lowest BCUT2D eigenvalue weighted by Gasteiger charge is -2.20. The number of aromatic nitrogens is 1. The second kappa shape index (κ2) is 6.21. The monoisotopic (exact) mass is 315 g/mol. The number of hydrogen-bond donors (Lipinski definition) is 2. The first kappa shape index (κ1) is 15.2. The topological polar surface area (TPSA) is 110 Å². The predicted octanol–water partition coefficient (Wildman–Crippen LogP) is 1.07. The van der Waals surface area contributed by atoms with Crippen molar-refractivity contribution < 1.29 is 19.1 Å². The third-order valence-electron chi connectivity index (χ3n) is 4.02. The summed E-state index contributed by atoms with van der Waals surface area (Å²) in [5, 5.41) is 9.29. The number of carboxylic acids is 1. The molecule has 0 saturated carbocycles. The van der Waals surface area contributed by atoms with Crippen LogP contribution >= 0.6 is 0 Å². The van der Waals surface area contributed by atoms with Crippen LogP contribution in [0.2, 0.25) is 0 Å². The smallest absolute Gasteiger partial charge is 0.326 e. The largest absolute Gasteiger partial charge is 0.480 e. The molecule has 0 unspecified atom stereocenters. The fourth-order valence-electron chi connectivity index (χ4n) is 2.86. The van der Waals surface area contributed by atoms with Crippen molar-refractivity contribution in [2.24, 2.45) is 5.73 Å². The van der Waals surface area contributed by atoms with Crippen LogP contribution in [0.25, 0.3) is 11.3 Å². The van der Waals surface area contributed by atoms with Gasteiger partial charge in [-0.2, -0.15) is 0 Å². The molecule has 0 radical (unpaired) electrons. The summed E-state index contributed by atoms with van der Waals surface area (Å²) in [6, 6.07) is 8.67. The van der Waals surface area contributed by atoms with Gasteiger partial charge in [0.05, 0.1) is 12.5 Å². The molecule has 1 aliphatic rings. The summed E-state index contributed by atoms with van der Waals surface area (Å²) < 4.78 is 5.52. The van der Waals surface area contributed by atoms with Crippen molar-refractivity contribution in [2.45, 2.75) is 18.4 Å². The Morgan fingerprint density at radius 1 is 1.35 bits per heavy atom. The Hall–Kier alpha value is -2.67. The lowest BCUT2D eigenvalue weighted by atomic mass is 10.1. The molecule has 1 aliphatic heterocycles. The minimum atomic E-state index is -1.04. The summed E-state index contributed by atoms with van der Waals surface area (Å²) in [7, 11) is 0. The van der Waals surface area contributed by atoms with E-state index in [0.717, 1.165) is 5.56 Å². The van der Waals surface area contributed by atoms with Gasteiger partial charge < -0.3 is 20.2 Å². The number of nitrogens with two attached hydrogens (primary N) is 1. The van der Waals surface area contributed by atoms with Gasteiger partial charge in [-0.1, -0.05) is 30.3 Å². The number of carboxylic acid groups (broad SMARTS) is 1. The van der Waals surface area contributed by atoms with Crippen LogP contribution in [-0.4, -0.2) is 46.0 Å². The normalized spacial score (nSPS) is 20.7. The SMILES string of the molecule is NCC(=O)N1C[C@H](c2nc(-c3ccccc3)co2)C[C@H]1C(=O)O. The molecule has 120 valence electrons. The maximum Gasteiger partial charge on any atom is 0.326 e. The minimum absolute atomic E-state index is 0.211. The molecule has 2 aromatic rings. The van der Waals surface area contributed by atoms with Crippen molar-refractivity contribution in [3.8, 4) is 11.3 Å². The predicted molar refractivity (Wildman–Crippen MR) is 81.5 cm³/mol. The third kappa shape index (κ3) is 2.95. The zero-order valence-corrected chi connectivity index (χ0v) is 12.4. The molecule has 1 aromatic carbocycles. The van der Waals surface area contributed by atoms with Crippen molar-refractivity contribution in [1.29, 1.82) is 0 Å². The van der Waals surface area contributed by atoms with Crippen molar-refractivity contribution in [2.75, 3.05) is 13.1 Å². The lowest BCUT2D eigenvalue weighted by Crippen LogP contribution is -2.43. The second-order valence-electron chi connectivity index (χ2n) is 5.47. The number of aliphatic carboxylic acids is 1. The molecule has 0 aliphatic carbocycles. The van der Waals surface area contributed by atoms with Crippen LogP contribution in [0.3, 0.4) is 0 Å². The van der Waals surface area contributed by atoms with Gasteiger partial charge >= 0.3 is 5.97 Å². The summed E-state index contributed by atoms with van der Waals surface area (Å²) >= 11 is 0. The number of carbonyl (C=O) groups is 2. The van der Waals surface area contributed by atoms with E-state index >= 15 is 0 Å². The molecule has 2 heterocycles. The summed E-state index contributed by atoms with van der Waals surface area (Å²) in [4.78, 5) is 28.9. The fraction of sp³-hybridized carbons (Fsp3) is 0.312. The highest BCUT2D eigenvalue weighted by atomic mass is 16.4. The van der Waals surface area contributed by atoms with Gasteiger partial charge in [0.15, 0.2) is 5.89 Å². The van der Waals surface area contributed by atoms with Crippen molar-refractivity contribution >= 4 is 11.9 Å². The van der Waals surface area contributed by atoms with Crippen molar-refractivity contribution in [1.82, 2.24) is 9.88 Å². The Morgan fingerprint density at radius 2 is 2.09 bits per heavy atom. The second-order valence-corrected chi connectivity index (χ2v) is 5.47. The molecular formula is C16H17N3O4. The van der Waals surface area contributed by atoms with Gasteiger partial charge in [0.2, 0.25) is 5.91 Å². The van der Waals surface area contributed by atoms with Crippen LogP contribution in [0.15, 0.2) is 41.0 Å². The number of benzene rings is 1. The molecule has 1 amide bonds. The number of amides is 1. The Labute approximate surface area is 132 Å². The molecule has 1 aromatic heterocycles. The van der Waals surface area contributed by atoms with E-state index in [0.29, 0.717) is 11.6 Å². The van der Waals surface area contributed by atoms with E-state index in [1.807, 2.05) is 30.3 Å². The Bertz CT molecular complexity index is 713. The quantitative estimate of drug-likeness (QED) is 0.873. The van der Waals surface area contributed by atoms with Gasteiger partial charge in [0.25, 0.3) is 0 Å². The van der Waals surface area contributed by atoms with Crippen molar-refractivity contribution in [3.63, 3.8) is 0 Å². The zero-order valence-electron chi connectivity index (χ0n) is 12.4. The van der Waals surface area contributed by atoms with Crippen LogP contribution in [-0.2, 0) is 9.59 Å². The highest BCUT2D eigenvalue weighted by Crippen LogP contribution is 2.32. The Morgan fingerprint density at radius 3 is 2.74 bits per heavy atom. The summed E-state index contributed by atoms with van der Waals surface area (Å²) in [5.41, 5.74) is 6.97. The van der Waals surface area contributed by atoms with Gasteiger partial charge in [-0.3, -0.25) is 4.79 Å². The van der Waals surface area contributed by atoms with E-state index < -0.39 is 12.0 Å². The van der Waals surface area contributed by atoms with E-state index in [9.17, 15) is 14.7 Å². The average Bonchev–Trinajstić information content (AvgIpc) is 3.21. The van der Waals surface area contributed by atoms with Gasteiger partial charge in [-0.25, -0.2) is 9.78 Å². The number of oxazole rings is 1. The van der Waals surface area contributed by atoms with E-state index in [1.165, 1.54) is 4.90 Å². The first-order valence-corrected chi connectivity index (χ1v) is 7.33. The van der Waals surface area contributed by atoms with Crippen LogP contribution < -0.4 is 5.73 Å². The number of carbonyl (C=O) groups excluding carboxylic acids is 1. The molecular weight excluding hydrogens is 298 g/mol. The highest BCUT2D eigenvalue weighted by molar-refractivity contribution is 5.85. The van der Waals surface area contributed by atoms with Crippen LogP contribution in [0, 0.1) is 0 Å². The maximum atomic E-state index is 11.8. The van der Waals surface area contributed by atoms with Crippen LogP contribution in [0.4, 0.5) is 0 Å². The number of rotatable bonds is 4. The Balaban J connectivity index is 1.82. The summed E-state index contributed by atoms with van der Waals surface area (Å²) in [6.07, 6.45) is 1.82. The van der Waals surface area contributed by atoms with Crippen LogP contribution in [0.1, 0.15) is 18.2 Å². The zero-order chi connectivity index (χ0) is 16.4. The third-order valence-corrected chi connectivity index (χ3v) is 4.02. The van der Waals surface area contributed by atoms with Gasteiger partial charge in [0.1, 0.15) is 18.0 Å². The molecule has 3 N–H and O–H groups in total. The number of likely N-dealkylation sites (tertiary alicyclic amines) is 1. The molecule has 1 fully saturated rings. The standard InChI is InChI=1S/C16H17N3O4/c17-7-14(20)19-8-11(6-13(19)16(21)22)15-18-12(9-23-15)10-4-2-1-3-5-10/h1-5,9,11,13H,6-8,17H2,(H,21,22)/t11-,13+/m1/s1. The summed E-state index contributed by atoms with van der Waals surface area (Å²) in [6.45, 7) is 0.0408. The van der Waals surface area contributed by atoms with Crippen molar-refractivity contribution in [3.05, 3.63) is 42.5 Å². The fourth-order valence-corrected chi connectivity index (χ4v) is 2.86. The average molecular weight is 315 g/mol. The Kier molecular flexibility index (Phi) is 4.12. The van der Waals surface area contributed by atoms with Crippen LogP contribution in [0.5, 0.6) is 0 Å². The van der Waals surface area contributed by atoms with E-state index in [4.69, 9.17) is 10.2 Å². The van der Waals surface area contributed by atoms with E-state index in [1.54, 1.807) is 6.26 Å². The van der Waals surface area contributed by atoms with Gasteiger partial charge in [-0.05, 0) is 6.42 Å². The molecule has 2 atom stereocenters. The first-order valence-electron chi connectivity index (χ1n) is 7.33. The minimum Gasteiger partial charge on any atom is -0.480 e. The van der Waals surface area contributed by atoms with Gasteiger partial charge in [-0.15, -0.1) is 0 Å². The number of nitrogens with zero attached hydrogens (tertiary/aromatic N) is 2. The highest BCUT2D eigenvalue weighted by Gasteiger charge is 2.41. The molecule has 3 rings (SSSR count). The molecule has 7 heteroatoms. The molecule has 1 saturated heterocycles. The lowest BCUT2D eigenvalue weighted by molar-refractivity contribution is -0.147. The molecule has 0 spiro atoms. The molecule has 0 bridgehead atoms. The van der Waals surface area contributed by atoms with E-state index in [-0.39, 0.29) is 31.3 Å². The van der Waals surface area contributed by atoms with E-state index in [2.05, 4.69) is 4.98 Å². The number of hydrogen-bond acceptors (Lipinski definition) is 5. The van der Waals surface area contributed by atoms with Gasteiger partial charge in [0, 0.05) is 12.1 Å². The molecule has 7 nitrogen and oxygen atoms in total. The summed E-state index contributed by atoms with van der Waals surface area (Å²) in [5.74, 6) is -1.22. The first-order chi connectivity index (χ1) is 11.1.